The first kappa shape index (κ1) is 26.2. The summed E-state index contributed by atoms with van der Waals surface area (Å²) in [5, 5.41) is 7.04. The van der Waals surface area contributed by atoms with Gasteiger partial charge in [0.05, 0.1) is 11.0 Å². The maximum absolute atomic E-state index is 5.05. The molecule has 0 spiro atoms. The third-order valence-corrected chi connectivity index (χ3v) is 8.67. The second-order valence-corrected chi connectivity index (χ2v) is 11.5. The van der Waals surface area contributed by atoms with Gasteiger partial charge in [-0.15, -0.1) is 0 Å². The summed E-state index contributed by atoms with van der Waals surface area (Å²) < 4.78 is 0. The van der Waals surface area contributed by atoms with E-state index in [2.05, 4.69) is 121 Å². The Morgan fingerprint density at radius 1 is 0.283 bits per heavy atom. The van der Waals surface area contributed by atoms with Gasteiger partial charge in [0.1, 0.15) is 0 Å². The van der Waals surface area contributed by atoms with E-state index in [0.29, 0.717) is 17.5 Å². The molecule has 0 N–H and O–H groups in total. The molecular formula is C42H26N4. The summed E-state index contributed by atoms with van der Waals surface area (Å²) in [6, 6.07) is 54.7. The molecule has 214 valence electrons. The van der Waals surface area contributed by atoms with Gasteiger partial charge in [0.2, 0.25) is 0 Å². The van der Waals surface area contributed by atoms with E-state index in [4.69, 9.17) is 19.9 Å². The molecule has 0 radical (unpaired) electrons. The molecule has 0 bridgehead atoms. The van der Waals surface area contributed by atoms with Gasteiger partial charge < -0.3 is 0 Å². The maximum Gasteiger partial charge on any atom is 0.164 e. The summed E-state index contributed by atoms with van der Waals surface area (Å²) in [7, 11) is 0. The number of rotatable bonds is 4. The summed E-state index contributed by atoms with van der Waals surface area (Å²) in [6.45, 7) is 0. The van der Waals surface area contributed by atoms with Crippen LogP contribution in [-0.4, -0.2) is 19.9 Å². The van der Waals surface area contributed by atoms with Crippen molar-refractivity contribution in [2.45, 2.75) is 0 Å². The Morgan fingerprint density at radius 3 is 1.63 bits per heavy atom. The van der Waals surface area contributed by atoms with Gasteiger partial charge in [-0.3, -0.25) is 0 Å². The molecule has 0 amide bonds. The van der Waals surface area contributed by atoms with Crippen molar-refractivity contribution in [3.05, 3.63) is 158 Å². The van der Waals surface area contributed by atoms with Crippen LogP contribution in [0.5, 0.6) is 0 Å². The van der Waals surface area contributed by atoms with Crippen LogP contribution in [0.2, 0.25) is 0 Å². The van der Waals surface area contributed by atoms with Gasteiger partial charge in [-0.1, -0.05) is 133 Å². The van der Waals surface area contributed by atoms with Crippen LogP contribution in [0.15, 0.2) is 158 Å². The number of hydrogen-bond acceptors (Lipinski definition) is 4. The van der Waals surface area contributed by atoms with E-state index >= 15 is 0 Å². The minimum Gasteiger partial charge on any atom is -0.248 e. The average molecular weight is 587 g/mol. The predicted molar refractivity (Wildman–Crippen MR) is 189 cm³/mol. The summed E-state index contributed by atoms with van der Waals surface area (Å²) >= 11 is 0. The lowest BCUT2D eigenvalue weighted by molar-refractivity contribution is 1.07. The number of para-hydroxylation sites is 1. The third-order valence-electron chi connectivity index (χ3n) is 8.67. The van der Waals surface area contributed by atoms with Crippen LogP contribution >= 0.6 is 0 Å². The van der Waals surface area contributed by atoms with Crippen molar-refractivity contribution < 1.29 is 0 Å². The van der Waals surface area contributed by atoms with E-state index in [0.717, 1.165) is 55.0 Å². The molecule has 2 heterocycles. The molecule has 9 rings (SSSR count). The van der Waals surface area contributed by atoms with Crippen molar-refractivity contribution in [1.29, 1.82) is 0 Å². The number of fused-ring (bicyclic) bond motifs is 5. The molecule has 0 aliphatic rings. The van der Waals surface area contributed by atoms with Gasteiger partial charge in [0, 0.05) is 27.5 Å². The molecule has 0 atom stereocenters. The predicted octanol–water partition coefficient (Wildman–Crippen LogP) is 10.5. The Labute approximate surface area is 265 Å². The van der Waals surface area contributed by atoms with E-state index in [1.54, 1.807) is 0 Å². The first-order valence-corrected chi connectivity index (χ1v) is 15.4. The Morgan fingerprint density at radius 2 is 0.848 bits per heavy atom. The lowest BCUT2D eigenvalue weighted by Gasteiger charge is -2.12. The molecular weight excluding hydrogens is 560 g/mol. The lowest BCUT2D eigenvalue weighted by Crippen LogP contribution is -2.00. The van der Waals surface area contributed by atoms with Crippen LogP contribution in [0, 0.1) is 0 Å². The fraction of sp³-hybridized carbons (Fsp3) is 0. The highest BCUT2D eigenvalue weighted by atomic mass is 15.0. The smallest absolute Gasteiger partial charge is 0.164 e. The van der Waals surface area contributed by atoms with Gasteiger partial charge in [-0.25, -0.2) is 19.9 Å². The van der Waals surface area contributed by atoms with Crippen LogP contribution in [0.3, 0.4) is 0 Å². The van der Waals surface area contributed by atoms with Crippen LogP contribution < -0.4 is 0 Å². The molecule has 4 heteroatoms. The van der Waals surface area contributed by atoms with Crippen LogP contribution in [-0.2, 0) is 0 Å². The van der Waals surface area contributed by atoms with Crippen molar-refractivity contribution in [2.75, 3.05) is 0 Å². The van der Waals surface area contributed by atoms with Crippen molar-refractivity contribution in [1.82, 2.24) is 19.9 Å². The van der Waals surface area contributed by atoms with Crippen molar-refractivity contribution >= 4 is 43.4 Å². The minimum absolute atomic E-state index is 0.639. The zero-order valence-corrected chi connectivity index (χ0v) is 24.8. The second kappa shape index (κ2) is 10.7. The van der Waals surface area contributed by atoms with E-state index in [-0.39, 0.29) is 0 Å². The highest BCUT2D eigenvalue weighted by Gasteiger charge is 2.15. The van der Waals surface area contributed by atoms with Crippen LogP contribution in [0.1, 0.15) is 0 Å². The van der Waals surface area contributed by atoms with E-state index in [1.165, 1.54) is 16.2 Å². The summed E-state index contributed by atoms with van der Waals surface area (Å²) in [4.78, 5) is 19.9. The number of pyridine rings is 1. The summed E-state index contributed by atoms with van der Waals surface area (Å²) in [6.07, 6.45) is 0. The molecule has 4 nitrogen and oxygen atoms in total. The van der Waals surface area contributed by atoms with Gasteiger partial charge in [-0.05, 0) is 56.9 Å². The Kier molecular flexibility index (Phi) is 6.10. The quantitative estimate of drug-likeness (QED) is 0.152. The topological polar surface area (TPSA) is 51.6 Å². The van der Waals surface area contributed by atoms with Gasteiger partial charge >= 0.3 is 0 Å². The first-order chi connectivity index (χ1) is 22.8. The highest BCUT2D eigenvalue weighted by Crippen LogP contribution is 2.36. The second-order valence-electron chi connectivity index (χ2n) is 11.5. The molecule has 9 aromatic rings. The standard InChI is InChI=1S/C42H26N4/c1-2-11-29(12-3-1)40-44-41(46-42(45-40)33-23-18-27-10-4-5-13-31(27)24-33)30-21-19-28(20-22-30)36-26-39-37(35-16-8-7-15-34(35)36)25-32-14-6-9-17-38(32)43-39/h1-26H. The maximum atomic E-state index is 5.05. The van der Waals surface area contributed by atoms with Crippen molar-refractivity contribution in [3.63, 3.8) is 0 Å². The lowest BCUT2D eigenvalue weighted by atomic mass is 9.94. The molecule has 0 aliphatic carbocycles. The fourth-order valence-corrected chi connectivity index (χ4v) is 6.34. The highest BCUT2D eigenvalue weighted by molar-refractivity contribution is 6.15. The molecule has 46 heavy (non-hydrogen) atoms. The van der Waals surface area contributed by atoms with Gasteiger partial charge in [0.25, 0.3) is 0 Å². The zero-order valence-electron chi connectivity index (χ0n) is 24.8. The fourth-order valence-electron chi connectivity index (χ4n) is 6.34. The third kappa shape index (κ3) is 4.56. The number of hydrogen-bond donors (Lipinski definition) is 0. The monoisotopic (exact) mass is 586 g/mol. The molecule has 7 aromatic carbocycles. The number of benzene rings is 7. The molecule has 0 saturated heterocycles. The normalized spacial score (nSPS) is 11.5. The van der Waals surface area contributed by atoms with Crippen LogP contribution in [0.4, 0.5) is 0 Å². The van der Waals surface area contributed by atoms with Crippen molar-refractivity contribution in [2.24, 2.45) is 0 Å². The van der Waals surface area contributed by atoms with Crippen molar-refractivity contribution in [3.8, 4) is 45.3 Å². The summed E-state index contributed by atoms with van der Waals surface area (Å²) in [5.74, 6) is 1.94. The van der Waals surface area contributed by atoms with E-state index < -0.39 is 0 Å². The Balaban J connectivity index is 1.18. The van der Waals surface area contributed by atoms with E-state index in [9.17, 15) is 0 Å². The summed E-state index contributed by atoms with van der Waals surface area (Å²) in [5.41, 5.74) is 7.09. The first-order valence-electron chi connectivity index (χ1n) is 15.4. The molecule has 0 aliphatic heterocycles. The SMILES string of the molecule is c1ccc(-c2nc(-c3ccc(-c4cc5nc6ccccc6cc5c5ccccc45)cc3)nc(-c3ccc4ccccc4c3)n2)cc1. The number of nitrogens with zero attached hydrogens (tertiary/aromatic N) is 4. The molecule has 0 unspecified atom stereocenters. The average Bonchev–Trinajstić information content (AvgIpc) is 3.14. The van der Waals surface area contributed by atoms with Gasteiger partial charge in [0.15, 0.2) is 17.5 Å². The van der Waals surface area contributed by atoms with Gasteiger partial charge in [-0.2, -0.15) is 0 Å². The zero-order chi connectivity index (χ0) is 30.5. The van der Waals surface area contributed by atoms with Crippen LogP contribution in [0.25, 0.3) is 88.6 Å². The molecule has 2 aromatic heterocycles. The Hall–Kier alpha value is -6.26. The molecule has 0 saturated carbocycles. The Bertz CT molecular complexity index is 2570. The molecule has 0 fully saturated rings. The minimum atomic E-state index is 0.639. The van der Waals surface area contributed by atoms with E-state index in [1.807, 2.05) is 36.4 Å². The largest absolute Gasteiger partial charge is 0.248 e. The number of aromatic nitrogens is 4.